The van der Waals surface area contributed by atoms with Gasteiger partial charge in [-0.25, -0.2) is 8.78 Å². The highest BCUT2D eigenvalue weighted by molar-refractivity contribution is 5.52. The van der Waals surface area contributed by atoms with Gasteiger partial charge < -0.3 is 0 Å². The molecule has 0 heterocycles. The van der Waals surface area contributed by atoms with Crippen molar-refractivity contribution in [1.29, 1.82) is 0 Å². The predicted molar refractivity (Wildman–Crippen MR) is 106 cm³/mol. The van der Waals surface area contributed by atoms with Crippen molar-refractivity contribution in [2.24, 2.45) is 5.92 Å². The molecule has 0 radical (unpaired) electrons. The third-order valence-corrected chi connectivity index (χ3v) is 5.81. The molecule has 2 aromatic rings. The molecule has 3 rings (SSSR count). The third-order valence-electron chi connectivity index (χ3n) is 5.81. The summed E-state index contributed by atoms with van der Waals surface area (Å²) in [6.07, 6.45) is 1.42. The Labute approximate surface area is 168 Å². The molecule has 29 heavy (non-hydrogen) atoms. The summed E-state index contributed by atoms with van der Waals surface area (Å²) in [5.41, 5.74) is 2.47. The summed E-state index contributed by atoms with van der Waals surface area (Å²) in [6.45, 7) is 2.07. The number of hydrogen-bond donors (Lipinski definition) is 0. The van der Waals surface area contributed by atoms with Crippen molar-refractivity contribution in [3.63, 3.8) is 0 Å². The van der Waals surface area contributed by atoms with Gasteiger partial charge in [-0.3, -0.25) is 0 Å². The second-order valence-corrected chi connectivity index (χ2v) is 8.02. The minimum absolute atomic E-state index is 0.152. The number of allylic oxidation sites excluding steroid dienone is 1. The van der Waals surface area contributed by atoms with Crippen LogP contribution in [0.3, 0.4) is 0 Å². The van der Waals surface area contributed by atoms with Crippen LogP contribution in [0.2, 0.25) is 0 Å². The van der Waals surface area contributed by atoms with Crippen LogP contribution in [0.25, 0.3) is 6.08 Å². The van der Waals surface area contributed by atoms with E-state index >= 15 is 0 Å². The lowest BCUT2D eigenvalue weighted by Crippen LogP contribution is -2.14. The lowest BCUT2D eigenvalue weighted by Gasteiger charge is -2.29. The second kappa shape index (κ2) is 9.10. The third kappa shape index (κ3) is 6.15. The van der Waals surface area contributed by atoms with Crippen LogP contribution in [-0.2, 0) is 6.42 Å². The SMILES string of the molecule is Cc1ccc(C2CCC(CCc3cc(F)c(/C=C/C(F)(F)F)c(F)c3)CC2)cc1. The Morgan fingerprint density at radius 3 is 2.07 bits per heavy atom. The van der Waals surface area contributed by atoms with Crippen LogP contribution in [0.5, 0.6) is 0 Å². The molecule has 0 unspecified atom stereocenters. The van der Waals surface area contributed by atoms with Crippen LogP contribution in [0.1, 0.15) is 60.3 Å². The van der Waals surface area contributed by atoms with Gasteiger partial charge >= 0.3 is 6.18 Å². The Morgan fingerprint density at radius 1 is 0.931 bits per heavy atom. The van der Waals surface area contributed by atoms with Gasteiger partial charge in [-0.05, 0) is 86.6 Å². The highest BCUT2D eigenvalue weighted by Gasteiger charge is 2.24. The molecule has 0 spiro atoms. The molecule has 0 saturated heterocycles. The number of hydrogen-bond acceptors (Lipinski definition) is 0. The van der Waals surface area contributed by atoms with E-state index in [2.05, 4.69) is 31.2 Å². The summed E-state index contributed by atoms with van der Waals surface area (Å²) in [5, 5.41) is 0. The first-order valence-electron chi connectivity index (χ1n) is 10.0. The van der Waals surface area contributed by atoms with E-state index in [0.29, 0.717) is 29.9 Å². The first-order valence-corrected chi connectivity index (χ1v) is 10.0. The van der Waals surface area contributed by atoms with Gasteiger partial charge in [0.05, 0.1) is 0 Å². The zero-order chi connectivity index (χ0) is 21.0. The van der Waals surface area contributed by atoms with E-state index in [1.54, 1.807) is 0 Å². The van der Waals surface area contributed by atoms with Gasteiger partial charge in [0.25, 0.3) is 0 Å². The maximum atomic E-state index is 14.1. The van der Waals surface area contributed by atoms with Crippen LogP contribution < -0.4 is 0 Å². The number of alkyl halides is 3. The standard InChI is InChI=1S/C24H25F5/c1-16-2-8-19(9-3-16)20-10-6-17(7-11-20)4-5-18-14-22(25)21(23(26)15-18)12-13-24(27,28)29/h2-3,8-9,12-15,17,20H,4-7,10-11H2,1H3/b13-12+. The van der Waals surface area contributed by atoms with Gasteiger partial charge in [-0.15, -0.1) is 0 Å². The zero-order valence-corrected chi connectivity index (χ0v) is 16.4. The summed E-state index contributed by atoms with van der Waals surface area (Å²) in [4.78, 5) is 0. The Balaban J connectivity index is 1.54. The quantitative estimate of drug-likeness (QED) is 0.444. The van der Waals surface area contributed by atoms with Crippen molar-refractivity contribution >= 4 is 6.08 Å². The molecule has 0 atom stereocenters. The van der Waals surface area contributed by atoms with E-state index in [4.69, 9.17) is 0 Å². The monoisotopic (exact) mass is 408 g/mol. The van der Waals surface area contributed by atoms with E-state index in [1.165, 1.54) is 11.1 Å². The van der Waals surface area contributed by atoms with Gasteiger partial charge in [0, 0.05) is 11.6 Å². The average molecular weight is 408 g/mol. The van der Waals surface area contributed by atoms with Crippen molar-refractivity contribution in [2.75, 3.05) is 0 Å². The van der Waals surface area contributed by atoms with Gasteiger partial charge in [-0.1, -0.05) is 29.8 Å². The van der Waals surface area contributed by atoms with Gasteiger partial charge in [0.1, 0.15) is 11.6 Å². The minimum Gasteiger partial charge on any atom is -0.206 e. The highest BCUT2D eigenvalue weighted by atomic mass is 19.4. The van der Waals surface area contributed by atoms with Crippen LogP contribution >= 0.6 is 0 Å². The number of halogens is 5. The van der Waals surface area contributed by atoms with Crippen LogP contribution in [-0.4, -0.2) is 6.18 Å². The zero-order valence-electron chi connectivity index (χ0n) is 16.4. The van der Waals surface area contributed by atoms with E-state index in [1.807, 2.05) is 0 Å². The Morgan fingerprint density at radius 2 is 1.52 bits per heavy atom. The number of benzene rings is 2. The molecule has 1 saturated carbocycles. The van der Waals surface area contributed by atoms with Gasteiger partial charge in [-0.2, -0.15) is 13.2 Å². The van der Waals surface area contributed by atoms with Crippen molar-refractivity contribution in [3.05, 3.63) is 76.4 Å². The molecule has 0 amide bonds. The highest BCUT2D eigenvalue weighted by Crippen LogP contribution is 2.37. The topological polar surface area (TPSA) is 0 Å². The Hall–Kier alpha value is -2.17. The molecular weight excluding hydrogens is 383 g/mol. The largest absolute Gasteiger partial charge is 0.409 e. The maximum Gasteiger partial charge on any atom is 0.409 e. The van der Waals surface area contributed by atoms with Crippen molar-refractivity contribution in [3.8, 4) is 0 Å². The minimum atomic E-state index is -4.60. The van der Waals surface area contributed by atoms with Gasteiger partial charge in [0.2, 0.25) is 0 Å². The molecule has 0 aliphatic heterocycles. The predicted octanol–water partition coefficient (Wildman–Crippen LogP) is 7.76. The Bertz CT molecular complexity index is 818. The number of rotatable bonds is 5. The Kier molecular flexibility index (Phi) is 6.76. The molecule has 0 nitrogen and oxygen atoms in total. The maximum absolute atomic E-state index is 14.1. The normalized spacial score (nSPS) is 20.3. The van der Waals surface area contributed by atoms with E-state index in [0.717, 1.165) is 44.2 Å². The fraction of sp³-hybridized carbons (Fsp3) is 0.417. The lowest BCUT2D eigenvalue weighted by molar-refractivity contribution is -0.0790. The molecule has 1 fully saturated rings. The molecule has 0 aromatic heterocycles. The summed E-state index contributed by atoms with van der Waals surface area (Å²) >= 11 is 0. The molecule has 156 valence electrons. The molecule has 0 N–H and O–H groups in total. The summed E-state index contributed by atoms with van der Waals surface area (Å²) in [7, 11) is 0. The molecule has 1 aliphatic carbocycles. The summed E-state index contributed by atoms with van der Waals surface area (Å²) < 4.78 is 64.8. The molecule has 2 aromatic carbocycles. The van der Waals surface area contributed by atoms with Crippen molar-refractivity contribution in [1.82, 2.24) is 0 Å². The summed E-state index contributed by atoms with van der Waals surface area (Å²) in [6, 6.07) is 11.0. The van der Waals surface area contributed by atoms with E-state index in [9.17, 15) is 22.0 Å². The fourth-order valence-corrected chi connectivity index (χ4v) is 4.11. The van der Waals surface area contributed by atoms with Crippen LogP contribution in [0.15, 0.2) is 42.5 Å². The number of aryl methyl sites for hydroxylation is 2. The molecule has 1 aliphatic rings. The van der Waals surface area contributed by atoms with Gasteiger partial charge in [0.15, 0.2) is 0 Å². The summed E-state index contributed by atoms with van der Waals surface area (Å²) in [5.74, 6) is -0.832. The van der Waals surface area contributed by atoms with Crippen LogP contribution in [0, 0.1) is 24.5 Å². The first kappa shape index (κ1) is 21.5. The van der Waals surface area contributed by atoms with Crippen LogP contribution in [0.4, 0.5) is 22.0 Å². The fourth-order valence-electron chi connectivity index (χ4n) is 4.11. The molecular formula is C24H25F5. The molecule has 5 heteroatoms. The second-order valence-electron chi connectivity index (χ2n) is 8.02. The van der Waals surface area contributed by atoms with Crippen molar-refractivity contribution in [2.45, 2.75) is 57.5 Å². The van der Waals surface area contributed by atoms with E-state index in [-0.39, 0.29) is 6.08 Å². The van der Waals surface area contributed by atoms with E-state index < -0.39 is 23.4 Å². The average Bonchev–Trinajstić information content (AvgIpc) is 2.66. The lowest BCUT2D eigenvalue weighted by atomic mass is 9.77. The first-order chi connectivity index (χ1) is 13.7. The smallest absolute Gasteiger partial charge is 0.206 e. The van der Waals surface area contributed by atoms with Crippen molar-refractivity contribution < 1.29 is 22.0 Å². The molecule has 0 bridgehead atoms.